The molecule has 1 amide bonds. The van der Waals surface area contributed by atoms with Gasteiger partial charge in [0.25, 0.3) is 5.91 Å². The topological polar surface area (TPSA) is 66.8 Å². The Kier molecular flexibility index (Phi) is 6.59. The highest BCUT2D eigenvalue weighted by Gasteiger charge is 2.43. The molecule has 1 aromatic carbocycles. The molecule has 1 aliphatic heterocycles. The van der Waals surface area contributed by atoms with Crippen molar-refractivity contribution in [3.63, 3.8) is 0 Å². The van der Waals surface area contributed by atoms with Crippen molar-refractivity contribution in [2.45, 2.75) is 46.1 Å². The number of aliphatic hydroxyl groups excluding tert-OH is 1. The third kappa shape index (κ3) is 3.98. The van der Waals surface area contributed by atoms with Crippen LogP contribution in [0.3, 0.4) is 0 Å². The number of amides is 1. The first-order chi connectivity index (χ1) is 12.3. The molecule has 1 atom stereocenters. The maximum atomic E-state index is 12.7. The number of carbonyl (C=O) groups is 2. The van der Waals surface area contributed by atoms with Gasteiger partial charge in [0.1, 0.15) is 0 Å². The Morgan fingerprint density at radius 2 is 1.81 bits per heavy atom. The lowest BCUT2D eigenvalue weighted by Gasteiger charge is -2.27. The number of benzene rings is 1. The number of Topliss-reactive ketones (excluding diaryl/α,β-unsaturated/α-hetero) is 1. The van der Waals surface area contributed by atoms with Crippen molar-refractivity contribution in [1.82, 2.24) is 4.90 Å². The van der Waals surface area contributed by atoms with Gasteiger partial charge in [0.2, 0.25) is 0 Å². The summed E-state index contributed by atoms with van der Waals surface area (Å²) in [6.45, 7) is 8.72. The van der Waals surface area contributed by atoms with Crippen molar-refractivity contribution in [1.29, 1.82) is 0 Å². The first kappa shape index (κ1) is 20.2. The lowest BCUT2D eigenvalue weighted by molar-refractivity contribution is -0.129. The molecule has 1 heterocycles. The fraction of sp³-hybridized carbons (Fsp3) is 0.524. The van der Waals surface area contributed by atoms with Crippen LogP contribution in [0.2, 0.25) is 0 Å². The molecular formula is C21H29NO4. The number of hydrogen-bond acceptors (Lipinski definition) is 4. The Hall–Kier alpha value is -2.14. The number of ether oxygens (including phenoxy) is 1. The van der Waals surface area contributed by atoms with Gasteiger partial charge in [-0.1, -0.05) is 52.0 Å². The molecule has 0 spiro atoms. The van der Waals surface area contributed by atoms with Crippen molar-refractivity contribution in [3.8, 4) is 0 Å². The average Bonchev–Trinajstić information content (AvgIpc) is 2.86. The van der Waals surface area contributed by atoms with Gasteiger partial charge in [0, 0.05) is 26.2 Å². The van der Waals surface area contributed by atoms with Gasteiger partial charge in [-0.3, -0.25) is 9.59 Å². The highest BCUT2D eigenvalue weighted by Crippen LogP contribution is 2.39. The van der Waals surface area contributed by atoms with Crippen LogP contribution in [0.1, 0.15) is 57.2 Å². The minimum Gasteiger partial charge on any atom is -0.503 e. The zero-order valence-corrected chi connectivity index (χ0v) is 16.3. The summed E-state index contributed by atoms with van der Waals surface area (Å²) in [5, 5.41) is 10.4. The molecule has 0 saturated heterocycles. The van der Waals surface area contributed by atoms with Gasteiger partial charge in [-0.2, -0.15) is 0 Å². The summed E-state index contributed by atoms with van der Waals surface area (Å²) in [5.41, 5.74) is 2.24. The standard InChI is InChI=1S/C21H29NO4/c1-13(2)15-7-9-16(10-8-15)18-17(19(23)14(3)4)20(24)21(25)22(18)11-6-12-26-5/h7-10,13-14,18,24H,6,11-12H2,1-5H3. The Bertz CT molecular complexity index is 688. The fourth-order valence-electron chi connectivity index (χ4n) is 3.24. The van der Waals surface area contributed by atoms with Crippen LogP contribution >= 0.6 is 0 Å². The van der Waals surface area contributed by atoms with Gasteiger partial charge in [-0.15, -0.1) is 0 Å². The second-order valence-corrected chi connectivity index (χ2v) is 7.35. The van der Waals surface area contributed by atoms with Gasteiger partial charge >= 0.3 is 0 Å². The molecule has 5 heteroatoms. The number of nitrogens with zero attached hydrogens (tertiary/aromatic N) is 1. The van der Waals surface area contributed by atoms with E-state index in [2.05, 4.69) is 13.8 Å². The minimum absolute atomic E-state index is 0.192. The number of methoxy groups -OCH3 is 1. The maximum Gasteiger partial charge on any atom is 0.290 e. The van der Waals surface area contributed by atoms with Crippen LogP contribution in [0, 0.1) is 5.92 Å². The molecule has 142 valence electrons. The zero-order valence-electron chi connectivity index (χ0n) is 16.3. The van der Waals surface area contributed by atoms with Crippen molar-refractivity contribution in [3.05, 3.63) is 46.7 Å². The zero-order chi connectivity index (χ0) is 19.4. The van der Waals surface area contributed by atoms with Crippen molar-refractivity contribution >= 4 is 11.7 Å². The third-order valence-electron chi connectivity index (χ3n) is 4.76. The van der Waals surface area contributed by atoms with E-state index in [9.17, 15) is 14.7 Å². The number of hydrogen-bond donors (Lipinski definition) is 1. The maximum absolute atomic E-state index is 12.7. The van der Waals surface area contributed by atoms with Gasteiger partial charge in [-0.05, 0) is 23.5 Å². The molecule has 0 radical (unpaired) electrons. The van der Waals surface area contributed by atoms with E-state index in [0.717, 1.165) is 5.56 Å². The van der Waals surface area contributed by atoms with E-state index in [1.54, 1.807) is 25.9 Å². The molecule has 26 heavy (non-hydrogen) atoms. The molecule has 0 bridgehead atoms. The number of carbonyl (C=O) groups excluding carboxylic acids is 2. The van der Waals surface area contributed by atoms with E-state index < -0.39 is 17.7 Å². The first-order valence-corrected chi connectivity index (χ1v) is 9.16. The van der Waals surface area contributed by atoms with Crippen LogP contribution in [0.5, 0.6) is 0 Å². The SMILES string of the molecule is COCCCN1C(=O)C(O)=C(C(=O)C(C)C)C1c1ccc(C(C)C)cc1. The quantitative estimate of drug-likeness (QED) is 0.718. The molecule has 0 saturated carbocycles. The molecule has 1 aromatic rings. The number of ketones is 1. The Morgan fingerprint density at radius 1 is 1.19 bits per heavy atom. The van der Waals surface area contributed by atoms with Crippen LogP contribution < -0.4 is 0 Å². The second-order valence-electron chi connectivity index (χ2n) is 7.35. The predicted molar refractivity (Wildman–Crippen MR) is 101 cm³/mol. The summed E-state index contributed by atoms with van der Waals surface area (Å²) in [4.78, 5) is 26.9. The van der Waals surface area contributed by atoms with Crippen molar-refractivity contribution < 1.29 is 19.4 Å². The predicted octanol–water partition coefficient (Wildman–Crippen LogP) is 3.77. The monoisotopic (exact) mass is 359 g/mol. The molecule has 1 aliphatic rings. The second kappa shape index (κ2) is 8.49. The molecule has 1 unspecified atom stereocenters. The largest absolute Gasteiger partial charge is 0.503 e. The van der Waals surface area contributed by atoms with E-state index in [1.807, 2.05) is 24.3 Å². The summed E-state index contributed by atoms with van der Waals surface area (Å²) in [5.74, 6) is -0.991. The van der Waals surface area contributed by atoms with Crippen LogP contribution in [-0.2, 0) is 14.3 Å². The summed E-state index contributed by atoms with van der Waals surface area (Å²) < 4.78 is 5.08. The Labute approximate surface area is 155 Å². The van der Waals surface area contributed by atoms with Crippen molar-refractivity contribution in [2.75, 3.05) is 20.3 Å². The van der Waals surface area contributed by atoms with Crippen LogP contribution in [0.25, 0.3) is 0 Å². The minimum atomic E-state index is -0.546. The Balaban J connectivity index is 2.44. The van der Waals surface area contributed by atoms with Crippen LogP contribution in [0.4, 0.5) is 0 Å². The lowest BCUT2D eigenvalue weighted by Crippen LogP contribution is -2.33. The van der Waals surface area contributed by atoms with E-state index in [0.29, 0.717) is 25.5 Å². The molecular weight excluding hydrogens is 330 g/mol. The number of aliphatic hydroxyl groups is 1. The normalized spacial score (nSPS) is 17.7. The summed E-state index contributed by atoms with van der Waals surface area (Å²) in [7, 11) is 1.61. The van der Waals surface area contributed by atoms with E-state index in [4.69, 9.17) is 4.74 Å². The van der Waals surface area contributed by atoms with Gasteiger partial charge in [0.15, 0.2) is 11.5 Å². The molecule has 1 N–H and O–H groups in total. The van der Waals surface area contributed by atoms with Crippen LogP contribution in [0.15, 0.2) is 35.6 Å². The van der Waals surface area contributed by atoms with Crippen LogP contribution in [-0.4, -0.2) is 42.0 Å². The molecule has 0 aliphatic carbocycles. The molecule has 5 nitrogen and oxygen atoms in total. The third-order valence-corrected chi connectivity index (χ3v) is 4.76. The summed E-state index contributed by atoms with van der Waals surface area (Å²) >= 11 is 0. The molecule has 0 aromatic heterocycles. The van der Waals surface area contributed by atoms with Gasteiger partial charge in [0.05, 0.1) is 11.6 Å². The highest BCUT2D eigenvalue weighted by atomic mass is 16.5. The first-order valence-electron chi connectivity index (χ1n) is 9.16. The van der Waals surface area contributed by atoms with E-state index in [-0.39, 0.29) is 17.3 Å². The summed E-state index contributed by atoms with van der Waals surface area (Å²) in [6, 6.07) is 7.39. The number of rotatable bonds is 8. The van der Waals surface area contributed by atoms with Crippen molar-refractivity contribution in [2.24, 2.45) is 5.92 Å². The lowest BCUT2D eigenvalue weighted by atomic mass is 9.90. The molecule has 0 fully saturated rings. The average molecular weight is 359 g/mol. The summed E-state index contributed by atoms with van der Waals surface area (Å²) in [6.07, 6.45) is 0.638. The fourth-order valence-corrected chi connectivity index (χ4v) is 3.24. The van der Waals surface area contributed by atoms with E-state index in [1.165, 1.54) is 5.56 Å². The van der Waals surface area contributed by atoms with E-state index >= 15 is 0 Å². The highest BCUT2D eigenvalue weighted by molar-refractivity contribution is 6.09. The van der Waals surface area contributed by atoms with Gasteiger partial charge < -0.3 is 14.7 Å². The van der Waals surface area contributed by atoms with Gasteiger partial charge in [-0.25, -0.2) is 0 Å². The molecule has 2 rings (SSSR count). The Morgan fingerprint density at radius 3 is 2.31 bits per heavy atom. The smallest absolute Gasteiger partial charge is 0.290 e.